The Morgan fingerprint density at radius 3 is 2.04 bits per heavy atom. The number of carbonyl (C=O) groups is 1. The maximum absolute atomic E-state index is 12.0. The van der Waals surface area contributed by atoms with Gasteiger partial charge in [0.25, 0.3) is 0 Å². The highest BCUT2D eigenvalue weighted by Crippen LogP contribution is 2.13. The molecule has 0 saturated carbocycles. The largest absolute Gasteiger partial charge is 0.457 e. The molecule has 0 aliphatic rings. The molecule has 2 heteroatoms. The fourth-order valence-electron chi connectivity index (χ4n) is 2.47. The Morgan fingerprint density at radius 1 is 0.696 bits per heavy atom. The molecule has 0 aromatic heterocycles. The average molecular weight is 302 g/mol. The molecule has 0 N–H and O–H groups in total. The van der Waals surface area contributed by atoms with Gasteiger partial charge < -0.3 is 4.74 Å². The predicted molar refractivity (Wildman–Crippen MR) is 91.3 cm³/mol. The minimum atomic E-state index is -0.293. The molecular formula is C21H18O2. The van der Waals surface area contributed by atoms with Gasteiger partial charge in [-0.2, -0.15) is 0 Å². The molecule has 23 heavy (non-hydrogen) atoms. The Bertz CT molecular complexity index is 764. The van der Waals surface area contributed by atoms with Crippen LogP contribution in [0.25, 0.3) is 0 Å². The summed E-state index contributed by atoms with van der Waals surface area (Å²) < 4.78 is 5.38. The van der Waals surface area contributed by atoms with Gasteiger partial charge in [-0.25, -0.2) is 4.79 Å². The lowest BCUT2D eigenvalue weighted by atomic mass is 10.0. The topological polar surface area (TPSA) is 26.3 Å². The molecule has 0 bridgehead atoms. The van der Waals surface area contributed by atoms with Crippen LogP contribution in [0.5, 0.6) is 0 Å². The first-order valence-electron chi connectivity index (χ1n) is 7.65. The average Bonchev–Trinajstić information content (AvgIpc) is 2.62. The Labute approximate surface area is 136 Å². The van der Waals surface area contributed by atoms with Crippen LogP contribution in [-0.2, 0) is 17.8 Å². The maximum atomic E-state index is 12.0. The monoisotopic (exact) mass is 302 g/mol. The van der Waals surface area contributed by atoms with Crippen LogP contribution in [0.2, 0.25) is 0 Å². The zero-order valence-electron chi connectivity index (χ0n) is 12.8. The van der Waals surface area contributed by atoms with E-state index in [0.717, 1.165) is 12.0 Å². The zero-order valence-corrected chi connectivity index (χ0v) is 12.8. The summed E-state index contributed by atoms with van der Waals surface area (Å²) >= 11 is 0. The molecule has 114 valence electrons. The van der Waals surface area contributed by atoms with Gasteiger partial charge in [-0.1, -0.05) is 72.8 Å². The smallest absolute Gasteiger partial charge is 0.338 e. The predicted octanol–water partition coefficient (Wildman–Crippen LogP) is 4.63. The molecule has 0 aliphatic heterocycles. The van der Waals surface area contributed by atoms with Gasteiger partial charge in [0.1, 0.15) is 6.61 Å². The van der Waals surface area contributed by atoms with Gasteiger partial charge in [-0.15, -0.1) is 0 Å². The maximum Gasteiger partial charge on any atom is 0.338 e. The van der Waals surface area contributed by atoms with Gasteiger partial charge in [0.2, 0.25) is 0 Å². The van der Waals surface area contributed by atoms with E-state index in [4.69, 9.17) is 4.74 Å². The van der Waals surface area contributed by atoms with Crippen molar-refractivity contribution in [1.29, 1.82) is 0 Å². The highest BCUT2D eigenvalue weighted by molar-refractivity contribution is 5.89. The zero-order chi connectivity index (χ0) is 15.9. The first-order valence-corrected chi connectivity index (χ1v) is 7.65. The van der Waals surface area contributed by atoms with Gasteiger partial charge in [-0.3, -0.25) is 0 Å². The van der Waals surface area contributed by atoms with Crippen LogP contribution in [0.15, 0.2) is 84.9 Å². The number of esters is 1. The van der Waals surface area contributed by atoms with Crippen LogP contribution in [0.1, 0.15) is 27.0 Å². The van der Waals surface area contributed by atoms with Gasteiger partial charge in [0.15, 0.2) is 0 Å². The van der Waals surface area contributed by atoms with Gasteiger partial charge >= 0.3 is 5.97 Å². The summed E-state index contributed by atoms with van der Waals surface area (Å²) in [6, 6.07) is 27.5. The van der Waals surface area contributed by atoms with E-state index in [1.807, 2.05) is 48.5 Å². The first kappa shape index (κ1) is 15.0. The Kier molecular flexibility index (Phi) is 4.85. The van der Waals surface area contributed by atoms with E-state index in [2.05, 4.69) is 24.3 Å². The van der Waals surface area contributed by atoms with Gasteiger partial charge in [0, 0.05) is 0 Å². The number of benzene rings is 3. The third-order valence-electron chi connectivity index (χ3n) is 3.62. The molecule has 0 atom stereocenters. The first-order chi connectivity index (χ1) is 11.3. The Balaban J connectivity index is 1.63. The quantitative estimate of drug-likeness (QED) is 0.642. The summed E-state index contributed by atoms with van der Waals surface area (Å²) in [6.45, 7) is 0.288. The number of carbonyl (C=O) groups excluding carboxylic acids is 1. The van der Waals surface area contributed by atoms with Crippen molar-refractivity contribution in [2.75, 3.05) is 0 Å². The van der Waals surface area contributed by atoms with Crippen molar-refractivity contribution >= 4 is 5.97 Å². The highest BCUT2D eigenvalue weighted by Gasteiger charge is 2.06. The molecular weight excluding hydrogens is 284 g/mol. The molecule has 0 aliphatic carbocycles. The molecule has 2 nitrogen and oxygen atoms in total. The summed E-state index contributed by atoms with van der Waals surface area (Å²) in [5.41, 5.74) is 4.06. The summed E-state index contributed by atoms with van der Waals surface area (Å²) in [4.78, 5) is 12.0. The number of hydrogen-bond donors (Lipinski definition) is 0. The fraction of sp³-hybridized carbons (Fsp3) is 0.0952. The van der Waals surface area contributed by atoms with Crippen molar-refractivity contribution in [3.05, 3.63) is 107 Å². The molecule has 0 saturated heterocycles. The van der Waals surface area contributed by atoms with E-state index in [-0.39, 0.29) is 12.6 Å². The van der Waals surface area contributed by atoms with Crippen molar-refractivity contribution < 1.29 is 9.53 Å². The van der Waals surface area contributed by atoms with E-state index in [1.54, 1.807) is 12.1 Å². The van der Waals surface area contributed by atoms with Gasteiger partial charge in [-0.05, 0) is 35.2 Å². The third kappa shape index (κ3) is 4.30. The molecule has 0 fully saturated rings. The van der Waals surface area contributed by atoms with Crippen LogP contribution in [-0.4, -0.2) is 5.97 Å². The molecule has 0 radical (unpaired) electrons. The summed E-state index contributed by atoms with van der Waals surface area (Å²) in [7, 11) is 0. The van der Waals surface area contributed by atoms with Crippen LogP contribution >= 0.6 is 0 Å². The molecule has 3 aromatic carbocycles. The van der Waals surface area contributed by atoms with E-state index in [9.17, 15) is 4.79 Å². The van der Waals surface area contributed by atoms with Crippen molar-refractivity contribution in [2.24, 2.45) is 0 Å². The standard InChI is InChI=1S/C21H18O2/c22-21(20-12-5-2-6-13-20)23-16-19-11-7-10-18(15-19)14-17-8-3-1-4-9-17/h1-13,15H,14,16H2. The molecule has 0 heterocycles. The van der Waals surface area contributed by atoms with Gasteiger partial charge in [0.05, 0.1) is 5.56 Å². The van der Waals surface area contributed by atoms with Crippen molar-refractivity contribution in [3.63, 3.8) is 0 Å². The molecule has 0 unspecified atom stereocenters. The van der Waals surface area contributed by atoms with Crippen molar-refractivity contribution in [3.8, 4) is 0 Å². The lowest BCUT2D eigenvalue weighted by molar-refractivity contribution is 0.0472. The second kappa shape index (κ2) is 7.41. The van der Waals surface area contributed by atoms with E-state index in [0.29, 0.717) is 5.56 Å². The number of ether oxygens (including phenoxy) is 1. The third-order valence-corrected chi connectivity index (χ3v) is 3.62. The molecule has 3 rings (SSSR count). The number of hydrogen-bond acceptors (Lipinski definition) is 2. The SMILES string of the molecule is O=C(OCc1cccc(Cc2ccccc2)c1)c1ccccc1. The number of rotatable bonds is 5. The lowest BCUT2D eigenvalue weighted by Gasteiger charge is -2.07. The Morgan fingerprint density at radius 2 is 1.30 bits per heavy atom. The molecule has 0 amide bonds. The van der Waals surface area contributed by atoms with Crippen LogP contribution in [0.3, 0.4) is 0 Å². The van der Waals surface area contributed by atoms with Crippen molar-refractivity contribution in [2.45, 2.75) is 13.0 Å². The highest BCUT2D eigenvalue weighted by atomic mass is 16.5. The van der Waals surface area contributed by atoms with E-state index in [1.165, 1.54) is 11.1 Å². The summed E-state index contributed by atoms with van der Waals surface area (Å²) in [6.07, 6.45) is 0.876. The van der Waals surface area contributed by atoms with E-state index < -0.39 is 0 Å². The lowest BCUT2D eigenvalue weighted by Crippen LogP contribution is -2.05. The van der Waals surface area contributed by atoms with Crippen molar-refractivity contribution in [1.82, 2.24) is 0 Å². The second-order valence-corrected chi connectivity index (χ2v) is 5.42. The van der Waals surface area contributed by atoms with Crippen LogP contribution in [0.4, 0.5) is 0 Å². The Hall–Kier alpha value is -2.87. The van der Waals surface area contributed by atoms with Crippen LogP contribution in [0, 0.1) is 0 Å². The minimum absolute atomic E-state index is 0.288. The second-order valence-electron chi connectivity index (χ2n) is 5.42. The molecule has 3 aromatic rings. The summed E-state index contributed by atoms with van der Waals surface area (Å²) in [5, 5.41) is 0. The van der Waals surface area contributed by atoms with E-state index >= 15 is 0 Å². The fourth-order valence-corrected chi connectivity index (χ4v) is 2.47. The van der Waals surface area contributed by atoms with Crippen LogP contribution < -0.4 is 0 Å². The minimum Gasteiger partial charge on any atom is -0.457 e. The summed E-state index contributed by atoms with van der Waals surface area (Å²) in [5.74, 6) is -0.293. The molecule has 0 spiro atoms. The normalized spacial score (nSPS) is 10.3.